The topological polar surface area (TPSA) is 35.1 Å². The molecular weight excluding hydrogens is 320 g/mol. The Morgan fingerprint density at radius 2 is 1.71 bits per heavy atom. The number of nitrogens with zero attached hydrogens (tertiary/aromatic N) is 4. The van der Waals surface area contributed by atoms with Gasteiger partial charge in [-0.1, -0.05) is 48.0 Å². The summed E-state index contributed by atoms with van der Waals surface area (Å²) in [5, 5.41) is 11.6. The van der Waals surface area contributed by atoms with Crippen LogP contribution in [0.15, 0.2) is 67.0 Å². The van der Waals surface area contributed by atoms with Crippen molar-refractivity contribution >= 4 is 39.2 Å². The number of aromatic nitrogens is 4. The molecule has 0 amide bonds. The summed E-state index contributed by atoms with van der Waals surface area (Å²) in [5.74, 6) is 0.821. The molecule has 0 bridgehead atoms. The maximum atomic E-state index is 6.15. The highest BCUT2D eigenvalue weighted by Gasteiger charge is 2.13. The minimum atomic E-state index is 0.687. The van der Waals surface area contributed by atoms with Gasteiger partial charge in [-0.15, -0.1) is 10.2 Å². The summed E-state index contributed by atoms with van der Waals surface area (Å²) in [4.78, 5) is 0. The maximum Gasteiger partial charge on any atom is 0.236 e. The van der Waals surface area contributed by atoms with Crippen LogP contribution in [0.1, 0.15) is 5.56 Å². The van der Waals surface area contributed by atoms with Gasteiger partial charge in [-0.3, -0.25) is 4.40 Å². The Morgan fingerprint density at radius 1 is 0.917 bits per heavy atom. The van der Waals surface area contributed by atoms with Crippen LogP contribution in [-0.4, -0.2) is 19.2 Å². The number of benzene rings is 3. The molecule has 0 spiro atoms. The van der Waals surface area contributed by atoms with Gasteiger partial charge in [0.1, 0.15) is 6.33 Å². The van der Waals surface area contributed by atoms with Gasteiger partial charge in [-0.05, 0) is 35.2 Å². The summed E-state index contributed by atoms with van der Waals surface area (Å²) in [6.45, 7) is 0.687. The highest BCUT2D eigenvalue weighted by Crippen LogP contribution is 2.28. The second-order valence-corrected chi connectivity index (χ2v) is 6.31. The average Bonchev–Trinajstić information content (AvgIpc) is 3.08. The highest BCUT2D eigenvalue weighted by molar-refractivity contribution is 6.30. The van der Waals surface area contributed by atoms with Gasteiger partial charge >= 0.3 is 0 Å². The quantitative estimate of drug-likeness (QED) is 0.476. The largest absolute Gasteiger partial charge is 0.305 e. The smallest absolute Gasteiger partial charge is 0.236 e. The molecular formula is C19H13ClN4. The average molecular weight is 333 g/mol. The molecule has 2 heterocycles. The Kier molecular flexibility index (Phi) is 2.87. The first-order chi connectivity index (χ1) is 11.8. The van der Waals surface area contributed by atoms with Crippen molar-refractivity contribution in [1.29, 1.82) is 0 Å². The van der Waals surface area contributed by atoms with E-state index in [0.717, 1.165) is 27.4 Å². The van der Waals surface area contributed by atoms with Gasteiger partial charge in [-0.2, -0.15) is 0 Å². The van der Waals surface area contributed by atoms with Crippen molar-refractivity contribution in [3.8, 4) is 0 Å². The van der Waals surface area contributed by atoms with Gasteiger partial charge in [0.05, 0.1) is 17.6 Å². The number of halogens is 1. The molecule has 0 aliphatic carbocycles. The fourth-order valence-corrected chi connectivity index (χ4v) is 3.60. The molecule has 4 nitrogen and oxygen atoms in total. The number of hydrogen-bond acceptors (Lipinski definition) is 2. The summed E-state index contributed by atoms with van der Waals surface area (Å²) in [7, 11) is 0. The van der Waals surface area contributed by atoms with Crippen molar-refractivity contribution < 1.29 is 0 Å². The molecule has 24 heavy (non-hydrogen) atoms. The molecule has 0 radical (unpaired) electrons. The summed E-state index contributed by atoms with van der Waals surface area (Å²) in [6, 6.07) is 20.6. The Morgan fingerprint density at radius 3 is 2.54 bits per heavy atom. The molecule has 5 rings (SSSR count). The lowest BCUT2D eigenvalue weighted by molar-refractivity contribution is 0.823. The molecule has 2 aromatic heterocycles. The van der Waals surface area contributed by atoms with Crippen LogP contribution in [0.25, 0.3) is 27.6 Å². The molecule has 5 aromatic rings. The normalized spacial score (nSPS) is 11.7. The molecule has 0 aliphatic heterocycles. The van der Waals surface area contributed by atoms with Crippen molar-refractivity contribution in [2.24, 2.45) is 0 Å². The standard InChI is InChI=1S/C19H13ClN4/c20-15-7-1-4-13(10-15)11-23-16-8-2-5-14-6-3-9-17(18(14)16)24-12-21-22-19(23)24/h1-10,12H,11H2. The Bertz CT molecular complexity index is 1200. The number of rotatable bonds is 2. The minimum Gasteiger partial charge on any atom is -0.305 e. The van der Waals surface area contributed by atoms with Gasteiger partial charge in [0.25, 0.3) is 0 Å². The van der Waals surface area contributed by atoms with Crippen molar-refractivity contribution in [3.63, 3.8) is 0 Å². The van der Waals surface area contributed by atoms with Gasteiger partial charge in [0, 0.05) is 10.4 Å². The van der Waals surface area contributed by atoms with Gasteiger partial charge in [0.15, 0.2) is 0 Å². The SMILES string of the molecule is Clc1cccc(Cn2c3cccc4cccc(c43)n3cnnc23)c1. The van der Waals surface area contributed by atoms with E-state index in [1.54, 1.807) is 6.33 Å². The zero-order valence-corrected chi connectivity index (χ0v) is 13.5. The van der Waals surface area contributed by atoms with E-state index >= 15 is 0 Å². The van der Waals surface area contributed by atoms with Crippen molar-refractivity contribution in [3.05, 3.63) is 77.6 Å². The van der Waals surface area contributed by atoms with Gasteiger partial charge < -0.3 is 4.57 Å². The van der Waals surface area contributed by atoms with E-state index < -0.39 is 0 Å². The maximum absolute atomic E-state index is 6.15. The second-order valence-electron chi connectivity index (χ2n) is 5.87. The molecule has 0 aliphatic rings. The van der Waals surface area contributed by atoms with Crippen LogP contribution in [0.3, 0.4) is 0 Å². The van der Waals surface area contributed by atoms with Crippen LogP contribution in [0.4, 0.5) is 0 Å². The first-order valence-electron chi connectivity index (χ1n) is 7.75. The summed E-state index contributed by atoms with van der Waals surface area (Å²) in [5.41, 5.74) is 3.39. The van der Waals surface area contributed by atoms with E-state index in [-0.39, 0.29) is 0 Å². The van der Waals surface area contributed by atoms with E-state index in [9.17, 15) is 0 Å². The zero-order valence-electron chi connectivity index (χ0n) is 12.7. The summed E-state index contributed by atoms with van der Waals surface area (Å²) in [6.07, 6.45) is 1.77. The van der Waals surface area contributed by atoms with E-state index in [2.05, 4.69) is 57.2 Å². The minimum absolute atomic E-state index is 0.687. The lowest BCUT2D eigenvalue weighted by Crippen LogP contribution is -2.08. The lowest BCUT2D eigenvalue weighted by atomic mass is 10.1. The summed E-state index contributed by atoms with van der Waals surface area (Å²) >= 11 is 6.15. The predicted octanol–water partition coefficient (Wildman–Crippen LogP) is 4.54. The monoisotopic (exact) mass is 332 g/mol. The third-order valence-corrected chi connectivity index (χ3v) is 4.65. The van der Waals surface area contributed by atoms with Gasteiger partial charge in [0.2, 0.25) is 5.78 Å². The predicted molar refractivity (Wildman–Crippen MR) is 96.5 cm³/mol. The lowest BCUT2D eigenvalue weighted by Gasteiger charge is -2.16. The Hall–Kier alpha value is -2.85. The van der Waals surface area contributed by atoms with Crippen molar-refractivity contribution in [1.82, 2.24) is 19.2 Å². The van der Waals surface area contributed by atoms with E-state index in [0.29, 0.717) is 6.54 Å². The Balaban J connectivity index is 1.89. The van der Waals surface area contributed by atoms with Crippen LogP contribution in [-0.2, 0) is 6.54 Å². The summed E-state index contributed by atoms with van der Waals surface area (Å²) < 4.78 is 4.23. The molecule has 0 unspecified atom stereocenters. The molecule has 3 aromatic carbocycles. The third kappa shape index (κ3) is 1.93. The molecule has 0 atom stereocenters. The van der Waals surface area contributed by atoms with Crippen LogP contribution in [0, 0.1) is 0 Å². The molecule has 0 N–H and O–H groups in total. The molecule has 116 valence electrons. The molecule has 5 heteroatoms. The van der Waals surface area contributed by atoms with Gasteiger partial charge in [-0.25, -0.2) is 0 Å². The number of fused-ring (bicyclic) bond motifs is 2. The highest BCUT2D eigenvalue weighted by atomic mass is 35.5. The third-order valence-electron chi connectivity index (χ3n) is 4.41. The fraction of sp³-hybridized carbons (Fsp3) is 0.0526. The van der Waals surface area contributed by atoms with Crippen molar-refractivity contribution in [2.45, 2.75) is 6.54 Å². The van der Waals surface area contributed by atoms with Crippen molar-refractivity contribution in [2.75, 3.05) is 0 Å². The zero-order chi connectivity index (χ0) is 16.1. The van der Waals surface area contributed by atoms with Crippen LogP contribution >= 0.6 is 11.6 Å². The second kappa shape index (κ2) is 5.08. The first-order valence-corrected chi connectivity index (χ1v) is 8.13. The van der Waals surface area contributed by atoms with Crippen LogP contribution in [0.5, 0.6) is 0 Å². The van der Waals surface area contributed by atoms with E-state index in [4.69, 9.17) is 11.6 Å². The fourth-order valence-electron chi connectivity index (χ4n) is 3.39. The van der Waals surface area contributed by atoms with Crippen LogP contribution in [0.2, 0.25) is 5.02 Å². The Labute approximate surface area is 142 Å². The molecule has 0 saturated carbocycles. The molecule has 0 fully saturated rings. The van der Waals surface area contributed by atoms with E-state index in [1.807, 2.05) is 22.6 Å². The molecule has 0 saturated heterocycles. The number of hydrogen-bond donors (Lipinski definition) is 0. The van der Waals surface area contributed by atoms with E-state index in [1.165, 1.54) is 10.8 Å². The first kappa shape index (κ1) is 13.6. The van der Waals surface area contributed by atoms with Crippen LogP contribution < -0.4 is 0 Å².